The van der Waals surface area contributed by atoms with Crippen LogP contribution in [0.25, 0.3) is 0 Å². The van der Waals surface area contributed by atoms with Gasteiger partial charge in [-0.05, 0) is 53.0 Å². The number of aliphatic hydroxyl groups is 1. The zero-order valence-electron chi connectivity index (χ0n) is 14.1. The van der Waals surface area contributed by atoms with Gasteiger partial charge in [0.2, 0.25) is 0 Å². The Bertz CT molecular complexity index is 632. The lowest BCUT2D eigenvalue weighted by Gasteiger charge is -2.16. The highest BCUT2D eigenvalue weighted by Crippen LogP contribution is 2.37. The van der Waals surface area contributed by atoms with Crippen molar-refractivity contribution < 1.29 is 14.6 Å². The van der Waals surface area contributed by atoms with Gasteiger partial charge >= 0.3 is 0 Å². The van der Waals surface area contributed by atoms with Crippen LogP contribution in [0.15, 0.2) is 46.9 Å². The summed E-state index contributed by atoms with van der Waals surface area (Å²) < 4.78 is 12.6. The minimum atomic E-state index is -0.367. The largest absolute Gasteiger partial charge is 0.490 e. The van der Waals surface area contributed by atoms with Gasteiger partial charge in [0.05, 0.1) is 17.2 Å². The summed E-state index contributed by atoms with van der Waals surface area (Å²) in [6, 6.07) is 14.0. The third-order valence-corrected chi connectivity index (χ3v) is 3.95. The molecule has 0 aliphatic rings. The Labute approximate surface area is 151 Å². The van der Waals surface area contributed by atoms with Crippen LogP contribution in [0.2, 0.25) is 0 Å². The molecule has 2 aromatic rings. The number of rotatable bonds is 9. The van der Waals surface area contributed by atoms with Crippen LogP contribution < -0.4 is 14.8 Å². The molecular weight excluding hydrogens is 370 g/mol. The molecule has 0 aliphatic carbocycles. The first-order valence-electron chi connectivity index (χ1n) is 8.11. The van der Waals surface area contributed by atoms with Crippen LogP contribution in [-0.4, -0.2) is 24.4 Å². The quantitative estimate of drug-likeness (QED) is 0.678. The first-order chi connectivity index (χ1) is 11.6. The van der Waals surface area contributed by atoms with E-state index in [1.807, 2.05) is 49.4 Å². The number of halogens is 1. The zero-order chi connectivity index (χ0) is 17.4. The molecular formula is C19H24BrNO3. The normalized spacial score (nSPS) is 12.0. The average molecular weight is 394 g/mol. The predicted molar refractivity (Wildman–Crippen MR) is 99.5 cm³/mol. The summed E-state index contributed by atoms with van der Waals surface area (Å²) in [6.45, 7) is 5.97. The van der Waals surface area contributed by atoms with E-state index in [9.17, 15) is 5.11 Å². The van der Waals surface area contributed by atoms with E-state index in [1.165, 1.54) is 0 Å². The minimum Gasteiger partial charge on any atom is -0.490 e. The van der Waals surface area contributed by atoms with Crippen molar-refractivity contribution in [3.05, 3.63) is 58.1 Å². The second-order valence-electron chi connectivity index (χ2n) is 5.59. The van der Waals surface area contributed by atoms with Gasteiger partial charge in [-0.1, -0.05) is 30.3 Å². The Kier molecular flexibility index (Phi) is 7.56. The zero-order valence-corrected chi connectivity index (χ0v) is 15.7. The molecule has 24 heavy (non-hydrogen) atoms. The topological polar surface area (TPSA) is 50.7 Å². The molecule has 2 N–H and O–H groups in total. The van der Waals surface area contributed by atoms with Crippen LogP contribution in [0.4, 0.5) is 0 Å². The lowest BCUT2D eigenvalue weighted by atomic mass is 10.2. The van der Waals surface area contributed by atoms with Gasteiger partial charge in [0, 0.05) is 13.1 Å². The number of hydrogen-bond donors (Lipinski definition) is 2. The Morgan fingerprint density at radius 3 is 2.54 bits per heavy atom. The summed E-state index contributed by atoms with van der Waals surface area (Å²) in [4.78, 5) is 0. The molecule has 0 radical (unpaired) electrons. The van der Waals surface area contributed by atoms with Crippen molar-refractivity contribution in [2.45, 2.75) is 33.1 Å². The lowest BCUT2D eigenvalue weighted by Crippen LogP contribution is -2.23. The summed E-state index contributed by atoms with van der Waals surface area (Å²) in [5, 5.41) is 12.5. The van der Waals surface area contributed by atoms with Crippen LogP contribution in [-0.2, 0) is 13.2 Å². The van der Waals surface area contributed by atoms with Crippen LogP contribution in [0.1, 0.15) is 25.0 Å². The number of hydrogen-bond acceptors (Lipinski definition) is 4. The van der Waals surface area contributed by atoms with E-state index in [1.54, 1.807) is 6.92 Å². The number of ether oxygens (including phenoxy) is 2. The maximum absolute atomic E-state index is 9.33. The molecule has 4 nitrogen and oxygen atoms in total. The standard InChI is InChI=1S/C19H24BrNO3/c1-3-23-18-10-16(12-21-11-14(2)22)9-17(20)19(18)24-13-15-7-5-4-6-8-15/h4-10,14,21-22H,3,11-13H2,1-2H3/t14-/m1/s1. The van der Waals surface area contributed by atoms with Gasteiger partial charge in [0.1, 0.15) is 6.61 Å². The molecule has 0 saturated heterocycles. The molecule has 0 spiro atoms. The summed E-state index contributed by atoms with van der Waals surface area (Å²) in [5.74, 6) is 1.43. The fraction of sp³-hybridized carbons (Fsp3) is 0.368. The SMILES string of the molecule is CCOc1cc(CNC[C@@H](C)O)cc(Br)c1OCc1ccccc1. The molecule has 1 atom stereocenters. The summed E-state index contributed by atoms with van der Waals surface area (Å²) in [6.07, 6.45) is -0.367. The van der Waals surface area contributed by atoms with Gasteiger partial charge in [-0.2, -0.15) is 0 Å². The van der Waals surface area contributed by atoms with Gasteiger partial charge in [0.25, 0.3) is 0 Å². The molecule has 130 valence electrons. The number of benzene rings is 2. The molecule has 0 bridgehead atoms. The van der Waals surface area contributed by atoms with E-state index in [0.29, 0.717) is 32.1 Å². The smallest absolute Gasteiger partial charge is 0.175 e. The Morgan fingerprint density at radius 1 is 1.12 bits per heavy atom. The molecule has 0 heterocycles. The predicted octanol–water partition coefficient (Wildman–Crippen LogP) is 3.90. The summed E-state index contributed by atoms with van der Waals surface area (Å²) in [7, 11) is 0. The van der Waals surface area contributed by atoms with E-state index in [0.717, 1.165) is 21.3 Å². The third kappa shape index (κ3) is 5.82. The van der Waals surface area contributed by atoms with Crippen molar-refractivity contribution in [2.24, 2.45) is 0 Å². The second-order valence-corrected chi connectivity index (χ2v) is 6.45. The monoisotopic (exact) mass is 393 g/mol. The molecule has 2 rings (SSSR count). The Morgan fingerprint density at radius 2 is 1.88 bits per heavy atom. The van der Waals surface area contributed by atoms with Crippen molar-refractivity contribution in [1.29, 1.82) is 0 Å². The van der Waals surface area contributed by atoms with Crippen molar-refractivity contribution in [1.82, 2.24) is 5.32 Å². The van der Waals surface area contributed by atoms with Crippen LogP contribution in [0.5, 0.6) is 11.5 Å². The van der Waals surface area contributed by atoms with Crippen LogP contribution in [0, 0.1) is 0 Å². The molecule has 0 amide bonds. The highest BCUT2D eigenvalue weighted by molar-refractivity contribution is 9.10. The molecule has 0 aliphatic heterocycles. The highest BCUT2D eigenvalue weighted by Gasteiger charge is 2.12. The van der Waals surface area contributed by atoms with Crippen molar-refractivity contribution >= 4 is 15.9 Å². The summed E-state index contributed by atoms with van der Waals surface area (Å²) in [5.41, 5.74) is 2.17. The van der Waals surface area contributed by atoms with Crippen molar-refractivity contribution in [2.75, 3.05) is 13.2 Å². The number of aliphatic hydroxyl groups excluding tert-OH is 1. The Balaban J connectivity index is 2.11. The molecule has 0 fully saturated rings. The van der Waals surface area contributed by atoms with Crippen LogP contribution in [0.3, 0.4) is 0 Å². The fourth-order valence-electron chi connectivity index (χ4n) is 2.28. The van der Waals surface area contributed by atoms with E-state index in [2.05, 4.69) is 21.2 Å². The minimum absolute atomic E-state index is 0.367. The highest BCUT2D eigenvalue weighted by atomic mass is 79.9. The first kappa shape index (κ1) is 18.8. The van der Waals surface area contributed by atoms with Crippen molar-refractivity contribution in [3.63, 3.8) is 0 Å². The molecule has 5 heteroatoms. The lowest BCUT2D eigenvalue weighted by molar-refractivity contribution is 0.191. The second kappa shape index (κ2) is 9.67. The molecule has 0 unspecified atom stereocenters. The van der Waals surface area contributed by atoms with Gasteiger partial charge in [0.15, 0.2) is 11.5 Å². The Hall–Kier alpha value is -1.56. The van der Waals surface area contributed by atoms with Crippen molar-refractivity contribution in [3.8, 4) is 11.5 Å². The first-order valence-corrected chi connectivity index (χ1v) is 8.90. The van der Waals surface area contributed by atoms with E-state index in [-0.39, 0.29) is 6.10 Å². The van der Waals surface area contributed by atoms with Crippen LogP contribution >= 0.6 is 15.9 Å². The van der Waals surface area contributed by atoms with Gasteiger partial charge in [-0.3, -0.25) is 0 Å². The third-order valence-electron chi connectivity index (χ3n) is 3.36. The van der Waals surface area contributed by atoms with E-state index in [4.69, 9.17) is 9.47 Å². The van der Waals surface area contributed by atoms with Gasteiger partial charge in [-0.15, -0.1) is 0 Å². The fourth-order valence-corrected chi connectivity index (χ4v) is 2.89. The molecule has 0 aromatic heterocycles. The maximum atomic E-state index is 9.33. The average Bonchev–Trinajstić information content (AvgIpc) is 2.55. The van der Waals surface area contributed by atoms with Gasteiger partial charge in [-0.25, -0.2) is 0 Å². The van der Waals surface area contributed by atoms with E-state index < -0.39 is 0 Å². The molecule has 2 aromatic carbocycles. The van der Waals surface area contributed by atoms with Gasteiger partial charge < -0.3 is 19.9 Å². The summed E-state index contributed by atoms with van der Waals surface area (Å²) >= 11 is 3.58. The number of nitrogens with one attached hydrogen (secondary N) is 1. The van der Waals surface area contributed by atoms with E-state index >= 15 is 0 Å². The maximum Gasteiger partial charge on any atom is 0.175 e. The molecule has 0 saturated carbocycles.